The van der Waals surface area contributed by atoms with Gasteiger partial charge in [-0.1, -0.05) is 6.08 Å². The molecule has 11 heavy (non-hydrogen) atoms. The van der Waals surface area contributed by atoms with Crippen LogP contribution in [-0.2, 0) is 9.53 Å². The predicted molar refractivity (Wildman–Crippen MR) is 41.9 cm³/mol. The summed E-state index contributed by atoms with van der Waals surface area (Å²) < 4.78 is 4.55. The number of methoxy groups -OCH3 is 1. The van der Waals surface area contributed by atoms with Gasteiger partial charge in [-0.25, -0.2) is 4.79 Å². The fourth-order valence-corrected chi connectivity index (χ4v) is 0.848. The molecule has 3 nitrogen and oxygen atoms in total. The van der Waals surface area contributed by atoms with Crippen molar-refractivity contribution in [3.63, 3.8) is 0 Å². The van der Waals surface area contributed by atoms with Crippen LogP contribution in [0.25, 0.3) is 0 Å². The first-order chi connectivity index (χ1) is 5.24. The summed E-state index contributed by atoms with van der Waals surface area (Å²) >= 11 is 0. The maximum absolute atomic E-state index is 10.9. The molecule has 0 aromatic heterocycles. The molecule has 1 heterocycles. The van der Waals surface area contributed by atoms with Crippen LogP contribution in [0.1, 0.15) is 0 Å². The molecule has 0 radical (unpaired) electrons. The zero-order chi connectivity index (χ0) is 8.27. The van der Waals surface area contributed by atoms with Crippen molar-refractivity contribution in [1.82, 2.24) is 4.90 Å². The first-order valence-corrected chi connectivity index (χ1v) is 3.41. The summed E-state index contributed by atoms with van der Waals surface area (Å²) in [6.07, 6.45) is 5.44. The van der Waals surface area contributed by atoms with Gasteiger partial charge >= 0.3 is 5.97 Å². The van der Waals surface area contributed by atoms with Gasteiger partial charge in [-0.2, -0.15) is 0 Å². The molecule has 0 saturated heterocycles. The smallest absolute Gasteiger partial charge is 0.337 e. The number of nitrogens with zero attached hydrogens (tertiary/aromatic N) is 1. The molecule has 0 N–H and O–H groups in total. The molecule has 3 heteroatoms. The summed E-state index contributed by atoms with van der Waals surface area (Å²) in [5, 5.41) is 0. The van der Waals surface area contributed by atoms with E-state index in [1.807, 2.05) is 24.2 Å². The molecule has 0 aromatic rings. The van der Waals surface area contributed by atoms with E-state index in [0.717, 1.165) is 6.54 Å². The second-order valence-electron chi connectivity index (χ2n) is 2.41. The Morgan fingerprint density at radius 2 is 2.45 bits per heavy atom. The Balaban J connectivity index is 2.63. The number of rotatable bonds is 1. The Kier molecular flexibility index (Phi) is 2.31. The Morgan fingerprint density at radius 1 is 1.73 bits per heavy atom. The standard InChI is InChI=1S/C8H11NO2/c1-9-5-3-7(4-6-9)8(10)11-2/h3-5H,6H2,1-2H3. The molecular weight excluding hydrogens is 142 g/mol. The van der Waals surface area contributed by atoms with Crippen LogP contribution in [0.4, 0.5) is 0 Å². The quantitative estimate of drug-likeness (QED) is 0.515. The summed E-state index contributed by atoms with van der Waals surface area (Å²) in [7, 11) is 3.33. The maximum atomic E-state index is 10.9. The van der Waals surface area contributed by atoms with Gasteiger partial charge in [0.2, 0.25) is 0 Å². The molecule has 60 valence electrons. The molecule has 0 unspecified atom stereocenters. The third-order valence-electron chi connectivity index (χ3n) is 1.53. The molecule has 0 aromatic carbocycles. The average molecular weight is 153 g/mol. The SMILES string of the molecule is COC(=O)C1=CCN(C)C=C1. The van der Waals surface area contributed by atoms with Crippen LogP contribution in [0.15, 0.2) is 23.9 Å². The van der Waals surface area contributed by atoms with E-state index >= 15 is 0 Å². The molecule has 0 amide bonds. The highest BCUT2D eigenvalue weighted by molar-refractivity contribution is 5.91. The van der Waals surface area contributed by atoms with E-state index in [1.54, 1.807) is 6.08 Å². The normalized spacial score (nSPS) is 16.2. The lowest BCUT2D eigenvalue weighted by Crippen LogP contribution is -2.16. The number of hydrogen-bond acceptors (Lipinski definition) is 3. The minimum atomic E-state index is -0.269. The van der Waals surface area contributed by atoms with Gasteiger partial charge in [-0.05, 0) is 12.3 Å². The van der Waals surface area contributed by atoms with E-state index in [9.17, 15) is 4.79 Å². The highest BCUT2D eigenvalue weighted by atomic mass is 16.5. The second-order valence-corrected chi connectivity index (χ2v) is 2.41. The van der Waals surface area contributed by atoms with E-state index in [2.05, 4.69) is 4.74 Å². The lowest BCUT2D eigenvalue weighted by molar-refractivity contribution is -0.135. The van der Waals surface area contributed by atoms with Gasteiger partial charge in [0.05, 0.1) is 12.7 Å². The fraction of sp³-hybridized carbons (Fsp3) is 0.375. The highest BCUT2D eigenvalue weighted by Gasteiger charge is 2.08. The van der Waals surface area contributed by atoms with Gasteiger partial charge in [0.25, 0.3) is 0 Å². The van der Waals surface area contributed by atoms with E-state index in [0.29, 0.717) is 5.57 Å². The highest BCUT2D eigenvalue weighted by Crippen LogP contribution is 2.06. The van der Waals surface area contributed by atoms with Crippen LogP contribution in [0, 0.1) is 0 Å². The average Bonchev–Trinajstić information content (AvgIpc) is 2.05. The Hall–Kier alpha value is -1.25. The number of ether oxygens (including phenoxy) is 1. The number of carbonyl (C=O) groups is 1. The molecular formula is C8H11NO2. The lowest BCUT2D eigenvalue weighted by atomic mass is 10.2. The molecule has 1 aliphatic heterocycles. The predicted octanol–water partition coefficient (Wildman–Crippen LogP) is 0.545. The summed E-state index contributed by atoms with van der Waals surface area (Å²) in [6, 6.07) is 0. The minimum absolute atomic E-state index is 0.269. The number of hydrogen-bond donors (Lipinski definition) is 0. The maximum Gasteiger partial charge on any atom is 0.337 e. The molecule has 0 aliphatic carbocycles. The zero-order valence-electron chi connectivity index (χ0n) is 6.70. The Morgan fingerprint density at radius 3 is 2.91 bits per heavy atom. The van der Waals surface area contributed by atoms with Crippen LogP contribution in [0.3, 0.4) is 0 Å². The van der Waals surface area contributed by atoms with E-state index in [-0.39, 0.29) is 5.97 Å². The van der Waals surface area contributed by atoms with Crippen molar-refractivity contribution in [3.05, 3.63) is 23.9 Å². The number of esters is 1. The summed E-state index contributed by atoms with van der Waals surface area (Å²) in [4.78, 5) is 12.9. The number of likely N-dealkylation sites (N-methyl/N-ethyl adjacent to an activating group) is 1. The first kappa shape index (κ1) is 7.85. The monoisotopic (exact) mass is 153 g/mol. The summed E-state index contributed by atoms with van der Waals surface area (Å²) in [6.45, 7) is 0.765. The van der Waals surface area contributed by atoms with Crippen molar-refractivity contribution in [1.29, 1.82) is 0 Å². The van der Waals surface area contributed by atoms with Crippen molar-refractivity contribution >= 4 is 5.97 Å². The lowest BCUT2D eigenvalue weighted by Gasteiger charge is -2.15. The van der Waals surface area contributed by atoms with Crippen LogP contribution in [0.5, 0.6) is 0 Å². The molecule has 1 aliphatic rings. The molecule has 0 bridgehead atoms. The third kappa shape index (κ3) is 1.83. The Bertz CT molecular complexity index is 218. The van der Waals surface area contributed by atoms with Crippen LogP contribution >= 0.6 is 0 Å². The second kappa shape index (κ2) is 3.23. The van der Waals surface area contributed by atoms with Crippen molar-refractivity contribution < 1.29 is 9.53 Å². The van der Waals surface area contributed by atoms with Gasteiger partial charge in [0.1, 0.15) is 0 Å². The van der Waals surface area contributed by atoms with Crippen LogP contribution in [-0.4, -0.2) is 31.6 Å². The molecule has 0 atom stereocenters. The van der Waals surface area contributed by atoms with Crippen molar-refractivity contribution in [3.8, 4) is 0 Å². The largest absolute Gasteiger partial charge is 0.465 e. The first-order valence-electron chi connectivity index (χ1n) is 3.41. The van der Waals surface area contributed by atoms with Crippen molar-refractivity contribution in [2.75, 3.05) is 20.7 Å². The number of carbonyl (C=O) groups excluding carboxylic acids is 1. The fourth-order valence-electron chi connectivity index (χ4n) is 0.848. The van der Waals surface area contributed by atoms with Gasteiger partial charge < -0.3 is 9.64 Å². The molecule has 0 fully saturated rings. The topological polar surface area (TPSA) is 29.5 Å². The Labute approximate surface area is 65.9 Å². The molecule has 0 saturated carbocycles. The van der Waals surface area contributed by atoms with Crippen LogP contribution < -0.4 is 0 Å². The molecule has 0 spiro atoms. The van der Waals surface area contributed by atoms with Gasteiger partial charge in [-0.3, -0.25) is 0 Å². The van der Waals surface area contributed by atoms with E-state index in [4.69, 9.17) is 0 Å². The molecule has 1 rings (SSSR count). The van der Waals surface area contributed by atoms with Gasteiger partial charge in [0.15, 0.2) is 0 Å². The van der Waals surface area contributed by atoms with E-state index in [1.165, 1.54) is 7.11 Å². The summed E-state index contributed by atoms with van der Waals surface area (Å²) in [5.41, 5.74) is 0.630. The minimum Gasteiger partial charge on any atom is -0.465 e. The summed E-state index contributed by atoms with van der Waals surface area (Å²) in [5.74, 6) is -0.269. The zero-order valence-corrected chi connectivity index (χ0v) is 6.70. The van der Waals surface area contributed by atoms with Crippen LogP contribution in [0.2, 0.25) is 0 Å². The van der Waals surface area contributed by atoms with Crippen molar-refractivity contribution in [2.24, 2.45) is 0 Å². The van der Waals surface area contributed by atoms with Crippen molar-refractivity contribution in [2.45, 2.75) is 0 Å². The third-order valence-corrected chi connectivity index (χ3v) is 1.53. The van der Waals surface area contributed by atoms with Gasteiger partial charge in [-0.15, -0.1) is 0 Å². The van der Waals surface area contributed by atoms with Gasteiger partial charge in [0, 0.05) is 13.6 Å². The van der Waals surface area contributed by atoms with E-state index < -0.39 is 0 Å².